The predicted molar refractivity (Wildman–Crippen MR) is 88.0 cm³/mol. The topological polar surface area (TPSA) is 54.9 Å². The van der Waals surface area contributed by atoms with Crippen LogP contribution >= 0.6 is 11.3 Å². The van der Waals surface area contributed by atoms with Crippen LogP contribution in [0, 0.1) is 0 Å². The minimum absolute atomic E-state index is 0.0696. The molecule has 8 heteroatoms. The molecule has 4 nitrogen and oxygen atoms in total. The highest BCUT2D eigenvalue weighted by molar-refractivity contribution is 7.08. The van der Waals surface area contributed by atoms with Crippen LogP contribution in [0.25, 0.3) is 11.3 Å². The normalized spacial score (nSPS) is 11.3. The van der Waals surface area contributed by atoms with Crippen LogP contribution in [-0.4, -0.2) is 15.9 Å². The van der Waals surface area contributed by atoms with Gasteiger partial charge in [-0.05, 0) is 41.3 Å². The van der Waals surface area contributed by atoms with Crippen molar-refractivity contribution in [2.75, 3.05) is 0 Å². The summed E-state index contributed by atoms with van der Waals surface area (Å²) in [6.45, 7) is 0.236. The van der Waals surface area contributed by atoms with Crippen LogP contribution in [0.3, 0.4) is 0 Å². The first-order chi connectivity index (χ1) is 11.9. The highest BCUT2D eigenvalue weighted by Gasteiger charge is 2.32. The quantitative estimate of drug-likeness (QED) is 0.757. The summed E-state index contributed by atoms with van der Waals surface area (Å²) in [5.74, 6) is -0.491. The molecule has 0 atom stereocenters. The molecule has 3 aromatic rings. The van der Waals surface area contributed by atoms with Gasteiger partial charge in [-0.15, -0.1) is 0 Å². The van der Waals surface area contributed by atoms with Crippen molar-refractivity contribution in [1.82, 2.24) is 15.3 Å². The van der Waals surface area contributed by atoms with Crippen molar-refractivity contribution >= 4 is 17.2 Å². The van der Waals surface area contributed by atoms with E-state index in [9.17, 15) is 18.0 Å². The van der Waals surface area contributed by atoms with Crippen LogP contribution < -0.4 is 5.32 Å². The van der Waals surface area contributed by atoms with E-state index in [1.54, 1.807) is 23.6 Å². The number of carbonyl (C=O) groups is 1. The van der Waals surface area contributed by atoms with E-state index in [0.29, 0.717) is 0 Å². The smallest absolute Gasteiger partial charge is 0.348 e. The maximum Gasteiger partial charge on any atom is 0.433 e. The maximum atomic E-state index is 12.5. The van der Waals surface area contributed by atoms with E-state index in [4.69, 9.17) is 0 Å². The molecule has 0 unspecified atom stereocenters. The zero-order valence-electron chi connectivity index (χ0n) is 12.7. The van der Waals surface area contributed by atoms with E-state index in [0.717, 1.165) is 35.2 Å². The Balaban J connectivity index is 1.65. The summed E-state index contributed by atoms with van der Waals surface area (Å²) in [5, 5.41) is 6.58. The molecule has 0 radical (unpaired) electrons. The zero-order chi connectivity index (χ0) is 17.9. The van der Waals surface area contributed by atoms with E-state index >= 15 is 0 Å². The lowest BCUT2D eigenvalue weighted by atomic mass is 10.1. The molecule has 0 saturated heterocycles. The Hall–Kier alpha value is -2.74. The number of alkyl halides is 3. The molecule has 0 bridgehead atoms. The second-order valence-electron chi connectivity index (χ2n) is 5.17. The Labute approximate surface area is 145 Å². The Morgan fingerprint density at radius 3 is 2.64 bits per heavy atom. The number of thiophene rings is 1. The van der Waals surface area contributed by atoms with E-state index in [2.05, 4.69) is 15.3 Å². The number of hydrogen-bond donors (Lipinski definition) is 1. The lowest BCUT2D eigenvalue weighted by Crippen LogP contribution is -2.23. The molecule has 3 aromatic heterocycles. The molecule has 0 aliphatic rings. The lowest BCUT2D eigenvalue weighted by Gasteiger charge is -2.08. The predicted octanol–water partition coefficient (Wildman–Crippen LogP) is 4.15. The maximum absolute atomic E-state index is 12.5. The lowest BCUT2D eigenvalue weighted by molar-refractivity contribution is -0.141. The second kappa shape index (κ2) is 7.02. The molecule has 25 heavy (non-hydrogen) atoms. The van der Waals surface area contributed by atoms with Gasteiger partial charge in [-0.1, -0.05) is 0 Å². The Bertz CT molecular complexity index is 862. The number of halogens is 3. The van der Waals surface area contributed by atoms with Gasteiger partial charge in [0.2, 0.25) is 0 Å². The molecule has 0 aliphatic carbocycles. The molecular weight excluding hydrogens is 351 g/mol. The minimum atomic E-state index is -4.52. The van der Waals surface area contributed by atoms with Crippen LogP contribution in [-0.2, 0) is 12.7 Å². The van der Waals surface area contributed by atoms with Crippen molar-refractivity contribution in [3.05, 3.63) is 70.3 Å². The molecular formula is C17H12F3N3OS. The van der Waals surface area contributed by atoms with Crippen LogP contribution in [0.1, 0.15) is 21.6 Å². The third-order valence-electron chi connectivity index (χ3n) is 3.41. The summed E-state index contributed by atoms with van der Waals surface area (Å²) in [7, 11) is 0. The van der Waals surface area contributed by atoms with E-state index in [-0.39, 0.29) is 12.1 Å². The van der Waals surface area contributed by atoms with Gasteiger partial charge in [0, 0.05) is 29.9 Å². The number of hydrogen-bond acceptors (Lipinski definition) is 4. The fraction of sp³-hybridized carbons (Fsp3) is 0.118. The van der Waals surface area contributed by atoms with Crippen LogP contribution in [0.5, 0.6) is 0 Å². The number of nitrogens with one attached hydrogen (secondary N) is 1. The van der Waals surface area contributed by atoms with Gasteiger partial charge in [-0.2, -0.15) is 24.5 Å². The Morgan fingerprint density at radius 2 is 2.00 bits per heavy atom. The highest BCUT2D eigenvalue weighted by atomic mass is 32.1. The third kappa shape index (κ3) is 4.21. The number of carbonyl (C=O) groups excluding carboxylic acids is 1. The Kier molecular flexibility index (Phi) is 4.80. The van der Waals surface area contributed by atoms with Crippen molar-refractivity contribution in [3.63, 3.8) is 0 Å². The molecule has 0 aromatic carbocycles. The summed E-state index contributed by atoms with van der Waals surface area (Å²) in [4.78, 5) is 19.6. The standard InChI is InChI=1S/C17H12F3N3OS/c18-17(19,20)15-2-1-12(9-22-15)16(24)23-8-11-3-5-21-14(7-11)13-4-6-25-10-13/h1-7,9-10H,8H2,(H,23,24). The zero-order valence-corrected chi connectivity index (χ0v) is 13.6. The van der Waals surface area contributed by atoms with Crippen LogP contribution in [0.15, 0.2) is 53.5 Å². The van der Waals surface area contributed by atoms with Gasteiger partial charge in [0.05, 0.1) is 11.3 Å². The second-order valence-corrected chi connectivity index (χ2v) is 5.95. The van der Waals surface area contributed by atoms with E-state index < -0.39 is 17.8 Å². The van der Waals surface area contributed by atoms with Gasteiger partial charge in [-0.25, -0.2) is 0 Å². The highest BCUT2D eigenvalue weighted by Crippen LogP contribution is 2.27. The number of nitrogens with zero attached hydrogens (tertiary/aromatic N) is 2. The first kappa shape index (κ1) is 17.1. The van der Waals surface area contributed by atoms with E-state index in [1.807, 2.05) is 22.9 Å². The fourth-order valence-electron chi connectivity index (χ4n) is 2.13. The molecule has 3 heterocycles. The fourth-order valence-corrected chi connectivity index (χ4v) is 2.78. The number of aromatic nitrogens is 2. The summed E-state index contributed by atoms with van der Waals surface area (Å²) in [5.41, 5.74) is 1.66. The summed E-state index contributed by atoms with van der Waals surface area (Å²) in [6, 6.07) is 7.46. The van der Waals surface area contributed by atoms with Gasteiger partial charge in [0.25, 0.3) is 5.91 Å². The first-order valence-corrected chi connectivity index (χ1v) is 8.17. The first-order valence-electron chi connectivity index (χ1n) is 7.22. The monoisotopic (exact) mass is 363 g/mol. The van der Waals surface area contributed by atoms with Crippen molar-refractivity contribution < 1.29 is 18.0 Å². The van der Waals surface area contributed by atoms with Gasteiger partial charge >= 0.3 is 6.18 Å². The van der Waals surface area contributed by atoms with Crippen molar-refractivity contribution in [2.45, 2.75) is 12.7 Å². The number of rotatable bonds is 4. The minimum Gasteiger partial charge on any atom is -0.348 e. The van der Waals surface area contributed by atoms with Crippen LogP contribution in [0.4, 0.5) is 13.2 Å². The Morgan fingerprint density at radius 1 is 1.16 bits per heavy atom. The summed E-state index contributed by atoms with van der Waals surface area (Å²) >= 11 is 1.56. The molecule has 0 aliphatic heterocycles. The average molecular weight is 363 g/mol. The largest absolute Gasteiger partial charge is 0.433 e. The van der Waals surface area contributed by atoms with Crippen molar-refractivity contribution in [1.29, 1.82) is 0 Å². The average Bonchev–Trinajstić information content (AvgIpc) is 3.14. The number of pyridine rings is 2. The van der Waals surface area contributed by atoms with Gasteiger partial charge in [0.1, 0.15) is 5.69 Å². The summed E-state index contributed by atoms with van der Waals surface area (Å²) in [6.07, 6.45) is -1.96. The van der Waals surface area contributed by atoms with E-state index in [1.165, 1.54) is 0 Å². The third-order valence-corrected chi connectivity index (χ3v) is 4.09. The van der Waals surface area contributed by atoms with Crippen molar-refractivity contribution in [3.8, 4) is 11.3 Å². The summed E-state index contributed by atoms with van der Waals surface area (Å²) < 4.78 is 37.4. The van der Waals surface area contributed by atoms with Gasteiger partial charge in [0.15, 0.2) is 0 Å². The molecule has 3 rings (SSSR count). The SMILES string of the molecule is O=C(NCc1ccnc(-c2ccsc2)c1)c1ccc(C(F)(F)F)nc1. The van der Waals surface area contributed by atoms with Gasteiger partial charge in [-0.3, -0.25) is 14.8 Å². The van der Waals surface area contributed by atoms with Crippen LogP contribution in [0.2, 0.25) is 0 Å². The molecule has 1 N–H and O–H groups in total. The molecule has 0 spiro atoms. The molecule has 0 saturated carbocycles. The molecule has 128 valence electrons. The molecule has 1 amide bonds. The number of amides is 1. The van der Waals surface area contributed by atoms with Crippen molar-refractivity contribution in [2.24, 2.45) is 0 Å². The van der Waals surface area contributed by atoms with Gasteiger partial charge < -0.3 is 5.32 Å². The molecule has 0 fully saturated rings.